The SMILES string of the molecule is CCCC(NC(=O)NCc1ccc(F)cc1)C(=O)Nc1ccc(Cl)cc1. The van der Waals surface area contributed by atoms with Crippen LogP contribution in [-0.2, 0) is 11.3 Å². The van der Waals surface area contributed by atoms with Crippen LogP contribution in [0.5, 0.6) is 0 Å². The minimum absolute atomic E-state index is 0.240. The molecular formula is C19H21ClFN3O2. The molecule has 0 heterocycles. The first-order valence-electron chi connectivity index (χ1n) is 8.33. The summed E-state index contributed by atoms with van der Waals surface area (Å²) in [5.41, 5.74) is 1.37. The number of nitrogens with one attached hydrogen (secondary N) is 3. The Balaban J connectivity index is 1.88. The van der Waals surface area contributed by atoms with E-state index in [1.165, 1.54) is 12.1 Å². The van der Waals surface area contributed by atoms with Crippen molar-refractivity contribution in [3.63, 3.8) is 0 Å². The minimum Gasteiger partial charge on any atom is -0.334 e. The molecule has 138 valence electrons. The van der Waals surface area contributed by atoms with Crippen molar-refractivity contribution >= 4 is 29.2 Å². The van der Waals surface area contributed by atoms with Gasteiger partial charge in [-0.2, -0.15) is 0 Å². The third kappa shape index (κ3) is 6.37. The van der Waals surface area contributed by atoms with E-state index >= 15 is 0 Å². The third-order valence-electron chi connectivity index (χ3n) is 3.68. The molecule has 2 aromatic carbocycles. The molecule has 0 radical (unpaired) electrons. The number of halogens is 2. The van der Waals surface area contributed by atoms with Crippen LogP contribution in [0.25, 0.3) is 0 Å². The van der Waals surface area contributed by atoms with E-state index in [1.807, 2.05) is 6.92 Å². The smallest absolute Gasteiger partial charge is 0.315 e. The maximum atomic E-state index is 12.9. The molecule has 0 aliphatic heterocycles. The van der Waals surface area contributed by atoms with E-state index in [9.17, 15) is 14.0 Å². The predicted molar refractivity (Wildman–Crippen MR) is 101 cm³/mol. The minimum atomic E-state index is -0.663. The zero-order valence-corrected chi connectivity index (χ0v) is 15.1. The molecule has 0 aromatic heterocycles. The third-order valence-corrected chi connectivity index (χ3v) is 3.93. The van der Waals surface area contributed by atoms with Crippen molar-refractivity contribution in [1.82, 2.24) is 10.6 Å². The summed E-state index contributed by atoms with van der Waals surface area (Å²) < 4.78 is 12.9. The molecule has 2 rings (SSSR count). The van der Waals surface area contributed by atoms with Crippen LogP contribution in [0.3, 0.4) is 0 Å². The quantitative estimate of drug-likeness (QED) is 0.680. The molecule has 0 aliphatic carbocycles. The van der Waals surface area contributed by atoms with Crippen molar-refractivity contribution in [2.75, 3.05) is 5.32 Å². The van der Waals surface area contributed by atoms with Gasteiger partial charge in [0, 0.05) is 17.3 Å². The van der Waals surface area contributed by atoms with Gasteiger partial charge in [0.15, 0.2) is 0 Å². The lowest BCUT2D eigenvalue weighted by molar-refractivity contribution is -0.118. The van der Waals surface area contributed by atoms with Crippen molar-refractivity contribution in [1.29, 1.82) is 0 Å². The molecule has 1 atom stereocenters. The Morgan fingerprint density at radius 2 is 1.73 bits per heavy atom. The van der Waals surface area contributed by atoms with Crippen LogP contribution in [0, 0.1) is 5.82 Å². The molecule has 0 spiro atoms. The van der Waals surface area contributed by atoms with Crippen LogP contribution in [0.15, 0.2) is 48.5 Å². The lowest BCUT2D eigenvalue weighted by Crippen LogP contribution is -2.47. The molecule has 3 amide bonds. The van der Waals surface area contributed by atoms with Gasteiger partial charge in [0.1, 0.15) is 11.9 Å². The monoisotopic (exact) mass is 377 g/mol. The van der Waals surface area contributed by atoms with Gasteiger partial charge in [-0.05, 0) is 48.4 Å². The zero-order chi connectivity index (χ0) is 18.9. The molecule has 0 saturated heterocycles. The van der Waals surface area contributed by atoms with Crippen molar-refractivity contribution in [2.24, 2.45) is 0 Å². The molecule has 26 heavy (non-hydrogen) atoms. The van der Waals surface area contributed by atoms with E-state index in [1.54, 1.807) is 36.4 Å². The number of benzene rings is 2. The summed E-state index contributed by atoms with van der Waals surface area (Å²) in [4.78, 5) is 24.5. The summed E-state index contributed by atoms with van der Waals surface area (Å²) in [5, 5.41) is 8.67. The highest BCUT2D eigenvalue weighted by molar-refractivity contribution is 6.30. The average molecular weight is 378 g/mol. The fraction of sp³-hybridized carbons (Fsp3) is 0.263. The van der Waals surface area contributed by atoms with Crippen LogP contribution in [0.4, 0.5) is 14.9 Å². The van der Waals surface area contributed by atoms with Gasteiger partial charge in [-0.25, -0.2) is 9.18 Å². The van der Waals surface area contributed by atoms with E-state index < -0.39 is 12.1 Å². The topological polar surface area (TPSA) is 70.2 Å². The first kappa shape index (κ1) is 19.7. The highest BCUT2D eigenvalue weighted by atomic mass is 35.5. The van der Waals surface area contributed by atoms with E-state index in [0.717, 1.165) is 12.0 Å². The fourth-order valence-corrected chi connectivity index (χ4v) is 2.44. The first-order valence-corrected chi connectivity index (χ1v) is 8.71. The van der Waals surface area contributed by atoms with Gasteiger partial charge < -0.3 is 16.0 Å². The van der Waals surface area contributed by atoms with Gasteiger partial charge >= 0.3 is 6.03 Å². The van der Waals surface area contributed by atoms with Gasteiger partial charge in [0.05, 0.1) is 0 Å². The molecular weight excluding hydrogens is 357 g/mol. The van der Waals surface area contributed by atoms with E-state index in [-0.39, 0.29) is 18.3 Å². The summed E-state index contributed by atoms with van der Waals surface area (Å²) in [7, 11) is 0. The van der Waals surface area contributed by atoms with E-state index in [2.05, 4.69) is 16.0 Å². The van der Waals surface area contributed by atoms with Crippen molar-refractivity contribution in [3.8, 4) is 0 Å². The van der Waals surface area contributed by atoms with Gasteiger partial charge in [0.2, 0.25) is 5.91 Å². The standard InChI is InChI=1S/C19H21ClFN3O2/c1-2-3-17(18(25)23-16-10-6-14(20)7-11-16)24-19(26)22-12-13-4-8-15(21)9-5-13/h4-11,17H,2-3,12H2,1H3,(H,23,25)(H2,22,24,26). The second kappa shape index (κ2) is 9.77. The number of amides is 3. The highest BCUT2D eigenvalue weighted by Crippen LogP contribution is 2.14. The Morgan fingerprint density at radius 3 is 2.35 bits per heavy atom. The Bertz CT molecular complexity index is 735. The first-order chi connectivity index (χ1) is 12.5. The Labute approximate surface area is 156 Å². The van der Waals surface area contributed by atoms with Crippen LogP contribution < -0.4 is 16.0 Å². The summed E-state index contributed by atoms with van der Waals surface area (Å²) >= 11 is 5.82. The van der Waals surface area contributed by atoms with Gasteiger partial charge in [-0.3, -0.25) is 4.79 Å². The number of rotatable bonds is 7. The van der Waals surface area contributed by atoms with Crippen molar-refractivity contribution < 1.29 is 14.0 Å². The molecule has 7 heteroatoms. The molecule has 5 nitrogen and oxygen atoms in total. The van der Waals surface area contributed by atoms with Gasteiger partial charge in [0.25, 0.3) is 0 Å². The highest BCUT2D eigenvalue weighted by Gasteiger charge is 2.20. The summed E-state index contributed by atoms with van der Waals surface area (Å²) in [6.45, 7) is 2.17. The number of carbonyl (C=O) groups excluding carboxylic acids is 2. The van der Waals surface area contributed by atoms with Gasteiger partial charge in [-0.15, -0.1) is 0 Å². The molecule has 3 N–H and O–H groups in total. The average Bonchev–Trinajstić information content (AvgIpc) is 2.63. The number of anilines is 1. The Hall–Kier alpha value is -2.60. The van der Waals surface area contributed by atoms with Crippen LogP contribution in [-0.4, -0.2) is 18.0 Å². The summed E-state index contributed by atoms with van der Waals surface area (Å²) in [5.74, 6) is -0.633. The number of hydrogen-bond acceptors (Lipinski definition) is 2. The maximum absolute atomic E-state index is 12.9. The number of carbonyl (C=O) groups is 2. The molecule has 0 aliphatic rings. The second-order valence-corrected chi connectivity index (χ2v) is 6.23. The lowest BCUT2D eigenvalue weighted by atomic mass is 10.1. The Morgan fingerprint density at radius 1 is 1.08 bits per heavy atom. The largest absolute Gasteiger partial charge is 0.334 e. The molecule has 0 fully saturated rings. The van der Waals surface area contributed by atoms with Crippen LogP contribution in [0.1, 0.15) is 25.3 Å². The molecule has 2 aromatic rings. The molecule has 1 unspecified atom stereocenters. The van der Waals surface area contributed by atoms with Crippen molar-refractivity contribution in [2.45, 2.75) is 32.4 Å². The summed E-state index contributed by atoms with van der Waals surface area (Å²) in [6.07, 6.45) is 1.24. The zero-order valence-electron chi connectivity index (χ0n) is 14.4. The van der Waals surface area contributed by atoms with E-state index in [0.29, 0.717) is 17.1 Å². The predicted octanol–water partition coefficient (Wildman–Crippen LogP) is 4.09. The maximum Gasteiger partial charge on any atom is 0.315 e. The van der Waals surface area contributed by atoms with Crippen molar-refractivity contribution in [3.05, 3.63) is 64.9 Å². The number of urea groups is 1. The second-order valence-electron chi connectivity index (χ2n) is 5.79. The lowest BCUT2D eigenvalue weighted by Gasteiger charge is -2.18. The number of hydrogen-bond donors (Lipinski definition) is 3. The van der Waals surface area contributed by atoms with Gasteiger partial charge in [-0.1, -0.05) is 37.1 Å². The molecule has 0 saturated carbocycles. The fourth-order valence-electron chi connectivity index (χ4n) is 2.31. The normalized spacial score (nSPS) is 11.5. The van der Waals surface area contributed by atoms with Crippen LogP contribution >= 0.6 is 11.6 Å². The Kier molecular flexibility index (Phi) is 7.41. The summed E-state index contributed by atoms with van der Waals surface area (Å²) in [6, 6.07) is 11.4. The van der Waals surface area contributed by atoms with Crippen LogP contribution in [0.2, 0.25) is 5.02 Å². The van der Waals surface area contributed by atoms with E-state index in [4.69, 9.17) is 11.6 Å². The molecule has 0 bridgehead atoms.